The van der Waals surface area contributed by atoms with Crippen molar-refractivity contribution in [3.63, 3.8) is 0 Å². The zero-order valence-electron chi connectivity index (χ0n) is 9.10. The maximum absolute atomic E-state index is 11.5. The number of rotatable bonds is 6. The highest BCUT2D eigenvalue weighted by atomic mass is 16.5. The fourth-order valence-corrected chi connectivity index (χ4v) is 1.23. The fraction of sp³-hybridized carbons (Fsp3) is 0.800. The number of likely N-dealkylation sites (N-methyl/N-ethyl adjacent to an activating group) is 1. The van der Waals surface area contributed by atoms with Crippen molar-refractivity contribution in [2.24, 2.45) is 5.92 Å². The van der Waals surface area contributed by atoms with Gasteiger partial charge in [0.25, 0.3) is 5.91 Å². The first-order valence-corrected chi connectivity index (χ1v) is 5.09. The summed E-state index contributed by atoms with van der Waals surface area (Å²) in [5.41, 5.74) is 0. The molecule has 15 heavy (non-hydrogen) atoms. The van der Waals surface area contributed by atoms with Crippen molar-refractivity contribution in [1.82, 2.24) is 4.90 Å². The number of carboxylic acids is 1. The van der Waals surface area contributed by atoms with Crippen LogP contribution in [0.4, 0.5) is 0 Å². The average Bonchev–Trinajstić information content (AvgIpc) is 2.95. The second-order valence-corrected chi connectivity index (χ2v) is 4.01. The van der Waals surface area contributed by atoms with E-state index in [4.69, 9.17) is 9.84 Å². The highest BCUT2D eigenvalue weighted by Gasteiger charge is 2.25. The van der Waals surface area contributed by atoms with Gasteiger partial charge in [0.1, 0.15) is 12.6 Å². The molecule has 0 aromatic heterocycles. The highest BCUT2D eigenvalue weighted by Crippen LogP contribution is 2.29. The summed E-state index contributed by atoms with van der Waals surface area (Å²) in [4.78, 5) is 23.1. The average molecular weight is 215 g/mol. The lowest BCUT2D eigenvalue weighted by atomic mass is 10.3. The van der Waals surface area contributed by atoms with Crippen molar-refractivity contribution >= 4 is 11.9 Å². The van der Waals surface area contributed by atoms with Gasteiger partial charge in [-0.3, -0.25) is 9.59 Å². The third-order valence-electron chi connectivity index (χ3n) is 2.38. The summed E-state index contributed by atoms with van der Waals surface area (Å²) in [6.07, 6.45) is 1.80. The van der Waals surface area contributed by atoms with E-state index in [1.54, 1.807) is 6.92 Å². The van der Waals surface area contributed by atoms with Crippen molar-refractivity contribution in [3.8, 4) is 0 Å². The molecule has 1 aliphatic rings. The molecule has 0 spiro atoms. The Morgan fingerprint density at radius 2 is 2.13 bits per heavy atom. The number of carbonyl (C=O) groups excluding carboxylic acids is 1. The molecule has 1 saturated carbocycles. The third-order valence-corrected chi connectivity index (χ3v) is 2.38. The summed E-state index contributed by atoms with van der Waals surface area (Å²) in [5.74, 6) is -0.691. The monoisotopic (exact) mass is 215 g/mol. The third kappa shape index (κ3) is 4.29. The second kappa shape index (κ2) is 5.11. The van der Waals surface area contributed by atoms with Crippen LogP contribution >= 0.6 is 0 Å². The Bertz CT molecular complexity index is 250. The van der Waals surface area contributed by atoms with Gasteiger partial charge in [-0.05, 0) is 25.7 Å². The second-order valence-electron chi connectivity index (χ2n) is 4.01. The van der Waals surface area contributed by atoms with Crippen molar-refractivity contribution in [2.45, 2.75) is 25.9 Å². The summed E-state index contributed by atoms with van der Waals surface area (Å²) in [6.45, 7) is 1.98. The maximum atomic E-state index is 11.5. The molecular formula is C10H17NO4. The van der Waals surface area contributed by atoms with Crippen LogP contribution in [0.3, 0.4) is 0 Å². The van der Waals surface area contributed by atoms with E-state index in [2.05, 4.69) is 0 Å². The molecule has 1 unspecified atom stereocenters. The zero-order valence-corrected chi connectivity index (χ0v) is 9.10. The standard InChI is InChI=1S/C10H17NO4/c1-7(15-6-8-3-4-8)10(14)11(2)5-9(12)13/h7-8H,3-6H2,1-2H3,(H,12,13). The van der Waals surface area contributed by atoms with E-state index in [1.165, 1.54) is 24.8 Å². The molecule has 1 aliphatic carbocycles. The summed E-state index contributed by atoms with van der Waals surface area (Å²) in [6, 6.07) is 0. The molecule has 0 aromatic carbocycles. The fourth-order valence-electron chi connectivity index (χ4n) is 1.23. The van der Waals surface area contributed by atoms with Gasteiger partial charge in [0, 0.05) is 7.05 Å². The molecule has 0 aromatic rings. The lowest BCUT2D eigenvalue weighted by Gasteiger charge is -2.19. The van der Waals surface area contributed by atoms with Crippen molar-refractivity contribution in [2.75, 3.05) is 20.2 Å². The van der Waals surface area contributed by atoms with E-state index < -0.39 is 12.1 Å². The van der Waals surface area contributed by atoms with Gasteiger partial charge in [0.15, 0.2) is 0 Å². The summed E-state index contributed by atoms with van der Waals surface area (Å²) in [7, 11) is 1.47. The van der Waals surface area contributed by atoms with E-state index in [1.807, 2.05) is 0 Å². The molecule has 0 aliphatic heterocycles. The highest BCUT2D eigenvalue weighted by molar-refractivity contribution is 5.84. The van der Waals surface area contributed by atoms with Gasteiger partial charge < -0.3 is 14.7 Å². The van der Waals surface area contributed by atoms with E-state index in [0.29, 0.717) is 12.5 Å². The Balaban J connectivity index is 2.26. The number of aliphatic carboxylic acids is 1. The van der Waals surface area contributed by atoms with E-state index in [-0.39, 0.29) is 12.5 Å². The molecule has 0 saturated heterocycles. The van der Waals surface area contributed by atoms with Gasteiger partial charge in [-0.25, -0.2) is 0 Å². The van der Waals surface area contributed by atoms with Crippen LogP contribution in [-0.4, -0.2) is 48.2 Å². The molecule has 5 heteroatoms. The molecule has 1 atom stereocenters. The summed E-state index contributed by atoms with van der Waals surface area (Å²) in [5, 5.41) is 8.51. The Morgan fingerprint density at radius 1 is 1.53 bits per heavy atom. The van der Waals surface area contributed by atoms with Crippen molar-refractivity contribution in [3.05, 3.63) is 0 Å². The number of amides is 1. The van der Waals surface area contributed by atoms with Crippen LogP contribution < -0.4 is 0 Å². The van der Waals surface area contributed by atoms with Crippen LogP contribution in [0.25, 0.3) is 0 Å². The van der Waals surface area contributed by atoms with E-state index >= 15 is 0 Å². The topological polar surface area (TPSA) is 66.8 Å². The quantitative estimate of drug-likeness (QED) is 0.694. The molecule has 1 amide bonds. The first kappa shape index (κ1) is 12.0. The Hall–Kier alpha value is -1.10. The number of hydrogen-bond acceptors (Lipinski definition) is 3. The van der Waals surface area contributed by atoms with Crippen LogP contribution in [0.1, 0.15) is 19.8 Å². The van der Waals surface area contributed by atoms with Gasteiger partial charge >= 0.3 is 5.97 Å². The molecule has 1 N–H and O–H groups in total. The molecule has 86 valence electrons. The smallest absolute Gasteiger partial charge is 0.323 e. The lowest BCUT2D eigenvalue weighted by Crippen LogP contribution is -2.39. The van der Waals surface area contributed by atoms with Gasteiger partial charge in [0.2, 0.25) is 0 Å². The summed E-state index contributed by atoms with van der Waals surface area (Å²) < 4.78 is 5.35. The SMILES string of the molecule is CC(OCC1CC1)C(=O)N(C)CC(=O)O. The van der Waals surface area contributed by atoms with Crippen LogP contribution in [-0.2, 0) is 14.3 Å². The number of hydrogen-bond donors (Lipinski definition) is 1. The molecule has 0 bridgehead atoms. The van der Waals surface area contributed by atoms with Gasteiger partial charge in [-0.1, -0.05) is 0 Å². The Labute approximate surface area is 89.0 Å². The van der Waals surface area contributed by atoms with E-state index in [0.717, 1.165) is 0 Å². The van der Waals surface area contributed by atoms with Crippen molar-refractivity contribution in [1.29, 1.82) is 0 Å². The number of carboxylic acid groups (broad SMARTS) is 1. The minimum atomic E-state index is -1.01. The Morgan fingerprint density at radius 3 is 2.60 bits per heavy atom. The molecule has 0 radical (unpaired) electrons. The minimum Gasteiger partial charge on any atom is -0.480 e. The maximum Gasteiger partial charge on any atom is 0.323 e. The molecular weight excluding hydrogens is 198 g/mol. The number of nitrogens with zero attached hydrogens (tertiary/aromatic N) is 1. The predicted octanol–water partition coefficient (Wildman–Crippen LogP) is 0.344. The Kier molecular flexibility index (Phi) is 4.08. The number of ether oxygens (including phenoxy) is 1. The van der Waals surface area contributed by atoms with Crippen LogP contribution in [0, 0.1) is 5.92 Å². The zero-order chi connectivity index (χ0) is 11.4. The normalized spacial score (nSPS) is 17.2. The van der Waals surface area contributed by atoms with Crippen molar-refractivity contribution < 1.29 is 19.4 Å². The predicted molar refractivity (Wildman–Crippen MR) is 53.4 cm³/mol. The lowest BCUT2D eigenvalue weighted by molar-refractivity contribution is -0.148. The van der Waals surface area contributed by atoms with Gasteiger partial charge in [0.05, 0.1) is 6.61 Å². The van der Waals surface area contributed by atoms with Gasteiger partial charge in [-0.2, -0.15) is 0 Å². The molecule has 1 fully saturated rings. The van der Waals surface area contributed by atoms with Crippen LogP contribution in [0.15, 0.2) is 0 Å². The largest absolute Gasteiger partial charge is 0.480 e. The molecule has 0 heterocycles. The first-order chi connectivity index (χ1) is 7.00. The first-order valence-electron chi connectivity index (χ1n) is 5.09. The molecule has 5 nitrogen and oxygen atoms in total. The summed E-state index contributed by atoms with van der Waals surface area (Å²) >= 11 is 0. The van der Waals surface area contributed by atoms with Crippen LogP contribution in [0.2, 0.25) is 0 Å². The van der Waals surface area contributed by atoms with E-state index in [9.17, 15) is 9.59 Å². The number of carbonyl (C=O) groups is 2. The molecule has 1 rings (SSSR count). The van der Waals surface area contributed by atoms with Gasteiger partial charge in [-0.15, -0.1) is 0 Å². The van der Waals surface area contributed by atoms with Crippen LogP contribution in [0.5, 0.6) is 0 Å². The minimum absolute atomic E-state index is 0.280.